The van der Waals surface area contributed by atoms with Crippen molar-refractivity contribution >= 4 is 11.6 Å². The van der Waals surface area contributed by atoms with Crippen molar-refractivity contribution in [2.24, 2.45) is 7.05 Å². The van der Waals surface area contributed by atoms with Crippen LogP contribution in [0.25, 0.3) is 0 Å². The number of ether oxygens (including phenoxy) is 1. The lowest BCUT2D eigenvalue weighted by Gasteiger charge is -2.19. The molecule has 11 heteroatoms. The number of nitrogens with one attached hydrogen (secondary N) is 1. The van der Waals surface area contributed by atoms with Crippen LogP contribution < -0.4 is 10.1 Å². The minimum Gasteiger partial charge on any atom is -0.426 e. The fourth-order valence-electron chi connectivity index (χ4n) is 1.88. The fourth-order valence-corrected chi connectivity index (χ4v) is 1.88. The molecule has 5 nitrogen and oxygen atoms in total. The molecule has 0 radical (unpaired) electrons. The Hall–Kier alpha value is -2.72. The van der Waals surface area contributed by atoms with Crippen molar-refractivity contribution in [2.75, 3.05) is 5.32 Å². The fraction of sp³-hybridized carbons (Fsp3) is 0.286. The Labute approximate surface area is 137 Å². The average Bonchev–Trinajstić information content (AvgIpc) is 2.91. The molecule has 0 aliphatic rings. The van der Waals surface area contributed by atoms with Crippen LogP contribution in [0.15, 0.2) is 30.5 Å². The molecule has 1 aromatic heterocycles. The zero-order valence-electron chi connectivity index (χ0n) is 12.5. The number of rotatable bonds is 6. The van der Waals surface area contributed by atoms with E-state index in [1.54, 1.807) is 0 Å². The molecule has 0 atom stereocenters. The van der Waals surface area contributed by atoms with E-state index in [1.807, 2.05) is 0 Å². The van der Waals surface area contributed by atoms with Gasteiger partial charge in [0.25, 0.3) is 12.3 Å². The molecule has 136 valence electrons. The van der Waals surface area contributed by atoms with Gasteiger partial charge in [-0.05, 0) is 12.1 Å². The van der Waals surface area contributed by atoms with Crippen molar-refractivity contribution in [2.45, 2.75) is 19.0 Å². The molecule has 0 saturated carbocycles. The maximum atomic E-state index is 13.0. The Balaban J connectivity index is 2.28. The van der Waals surface area contributed by atoms with Gasteiger partial charge in [-0.25, -0.2) is 8.78 Å². The van der Waals surface area contributed by atoms with Crippen LogP contribution in [0.1, 0.15) is 22.5 Å². The van der Waals surface area contributed by atoms with Gasteiger partial charge in [0.05, 0.1) is 11.3 Å². The zero-order valence-corrected chi connectivity index (χ0v) is 12.5. The number of halogens is 6. The maximum absolute atomic E-state index is 13.0. The third kappa shape index (κ3) is 4.22. The first-order valence-corrected chi connectivity index (χ1v) is 6.69. The van der Waals surface area contributed by atoms with Crippen LogP contribution in [-0.2, 0) is 7.05 Å². The third-order valence-corrected chi connectivity index (χ3v) is 2.94. The van der Waals surface area contributed by atoms with E-state index in [0.717, 1.165) is 23.0 Å². The molecular weight excluding hydrogens is 356 g/mol. The number of amides is 1. The number of anilines is 1. The molecule has 1 amide bonds. The summed E-state index contributed by atoms with van der Waals surface area (Å²) in [5.41, 5.74) is -1.69. The number of carbonyl (C=O) groups excluding carboxylic acids is 1. The summed E-state index contributed by atoms with van der Waals surface area (Å²) >= 11 is 0. The highest BCUT2D eigenvalue weighted by Crippen LogP contribution is 2.33. The summed E-state index contributed by atoms with van der Waals surface area (Å²) in [6.07, 6.45) is -10.9. The summed E-state index contributed by atoms with van der Waals surface area (Å²) in [7, 11) is 1.31. The number of aryl methyl sites for hydroxylation is 1. The summed E-state index contributed by atoms with van der Waals surface area (Å²) in [6.45, 7) is 0. The van der Waals surface area contributed by atoms with Gasteiger partial charge in [0.2, 0.25) is 0 Å². The standard InChI is InChI=1S/C14H11F6N3O2/c1-23-6-7(10(22-23)11(15)16)12(24)21-8-4-2-3-5-9(8)25-14(19,20)13(17)18/h2-6,11,13H,1H3,(H,21,24). The number of hydrogen-bond donors (Lipinski definition) is 1. The van der Waals surface area contributed by atoms with Gasteiger partial charge in [0.15, 0.2) is 0 Å². The molecule has 0 aliphatic heterocycles. The van der Waals surface area contributed by atoms with Crippen molar-refractivity contribution in [1.82, 2.24) is 9.78 Å². The van der Waals surface area contributed by atoms with Crippen LogP contribution in [0.5, 0.6) is 5.75 Å². The smallest absolute Gasteiger partial charge is 0.426 e. The lowest BCUT2D eigenvalue weighted by Crippen LogP contribution is -2.33. The molecule has 0 aliphatic carbocycles. The van der Waals surface area contributed by atoms with E-state index in [9.17, 15) is 31.1 Å². The monoisotopic (exact) mass is 367 g/mol. The summed E-state index contributed by atoms with van der Waals surface area (Å²) < 4.78 is 81.2. The van der Waals surface area contributed by atoms with E-state index in [2.05, 4.69) is 15.2 Å². The van der Waals surface area contributed by atoms with Gasteiger partial charge in [-0.15, -0.1) is 0 Å². The topological polar surface area (TPSA) is 56.2 Å². The SMILES string of the molecule is Cn1cc(C(=O)Nc2ccccc2OC(F)(F)C(F)F)c(C(F)F)n1. The molecule has 1 aromatic carbocycles. The molecule has 0 fully saturated rings. The van der Waals surface area contributed by atoms with E-state index in [0.29, 0.717) is 0 Å². The Morgan fingerprint density at radius 2 is 1.88 bits per heavy atom. The molecule has 1 N–H and O–H groups in total. The number of aromatic nitrogens is 2. The zero-order chi connectivity index (χ0) is 18.8. The highest BCUT2D eigenvalue weighted by atomic mass is 19.3. The van der Waals surface area contributed by atoms with Crippen LogP contribution >= 0.6 is 0 Å². The number of hydrogen-bond acceptors (Lipinski definition) is 3. The van der Waals surface area contributed by atoms with Crippen molar-refractivity contribution in [1.29, 1.82) is 0 Å². The molecule has 0 spiro atoms. The Kier molecular flexibility index (Phi) is 5.24. The van der Waals surface area contributed by atoms with Crippen LogP contribution in [0.3, 0.4) is 0 Å². The lowest BCUT2D eigenvalue weighted by molar-refractivity contribution is -0.252. The summed E-state index contributed by atoms with van der Waals surface area (Å²) in [4.78, 5) is 12.1. The molecule has 2 aromatic rings. The van der Waals surface area contributed by atoms with Gasteiger partial charge in [0, 0.05) is 13.2 Å². The predicted octanol–water partition coefficient (Wildman–Crippen LogP) is 3.85. The third-order valence-electron chi connectivity index (χ3n) is 2.94. The highest BCUT2D eigenvalue weighted by molar-refractivity contribution is 6.05. The van der Waals surface area contributed by atoms with Gasteiger partial charge in [0.1, 0.15) is 11.4 Å². The number of carbonyl (C=O) groups is 1. The molecule has 25 heavy (non-hydrogen) atoms. The second-order valence-electron chi connectivity index (χ2n) is 4.82. The summed E-state index contributed by atoms with van der Waals surface area (Å²) in [5, 5.41) is 5.50. The molecule has 2 rings (SSSR count). The van der Waals surface area contributed by atoms with E-state index in [1.165, 1.54) is 19.2 Å². The Morgan fingerprint density at radius 1 is 1.24 bits per heavy atom. The lowest BCUT2D eigenvalue weighted by atomic mass is 10.2. The quantitative estimate of drug-likeness (QED) is 0.790. The molecular formula is C14H11F6N3O2. The first-order valence-electron chi connectivity index (χ1n) is 6.69. The molecule has 0 unspecified atom stereocenters. The Morgan fingerprint density at radius 3 is 2.48 bits per heavy atom. The maximum Gasteiger partial charge on any atom is 0.461 e. The van der Waals surface area contributed by atoms with E-state index in [4.69, 9.17) is 0 Å². The summed E-state index contributed by atoms with van der Waals surface area (Å²) in [5.74, 6) is -1.83. The van der Waals surface area contributed by atoms with Gasteiger partial charge < -0.3 is 10.1 Å². The van der Waals surface area contributed by atoms with Crippen molar-refractivity contribution < 1.29 is 35.9 Å². The first-order chi connectivity index (χ1) is 11.6. The largest absolute Gasteiger partial charge is 0.461 e. The number of alkyl halides is 6. The van der Waals surface area contributed by atoms with Gasteiger partial charge >= 0.3 is 12.5 Å². The van der Waals surface area contributed by atoms with Crippen LogP contribution in [0.4, 0.5) is 32.0 Å². The van der Waals surface area contributed by atoms with E-state index < -0.39 is 47.6 Å². The predicted molar refractivity (Wildman–Crippen MR) is 74.1 cm³/mol. The highest BCUT2D eigenvalue weighted by Gasteiger charge is 2.44. The second-order valence-corrected chi connectivity index (χ2v) is 4.82. The van der Waals surface area contributed by atoms with Gasteiger partial charge in [-0.3, -0.25) is 9.48 Å². The van der Waals surface area contributed by atoms with Crippen molar-refractivity contribution in [3.05, 3.63) is 41.7 Å². The normalized spacial score (nSPS) is 11.9. The molecule has 1 heterocycles. The van der Waals surface area contributed by atoms with E-state index in [-0.39, 0.29) is 0 Å². The minimum atomic E-state index is -4.79. The van der Waals surface area contributed by atoms with Gasteiger partial charge in [-0.2, -0.15) is 22.7 Å². The summed E-state index contributed by atoms with van der Waals surface area (Å²) in [6, 6.07) is 4.53. The van der Waals surface area contributed by atoms with Crippen LogP contribution in [0, 0.1) is 0 Å². The second kappa shape index (κ2) is 7.03. The molecule has 0 saturated heterocycles. The van der Waals surface area contributed by atoms with Crippen LogP contribution in [-0.4, -0.2) is 28.2 Å². The average molecular weight is 367 g/mol. The number of nitrogens with zero attached hydrogens (tertiary/aromatic N) is 2. The number of para-hydroxylation sites is 2. The van der Waals surface area contributed by atoms with Crippen molar-refractivity contribution in [3.8, 4) is 5.75 Å². The number of benzene rings is 1. The Bertz CT molecular complexity index is 763. The van der Waals surface area contributed by atoms with Gasteiger partial charge in [-0.1, -0.05) is 12.1 Å². The van der Waals surface area contributed by atoms with Crippen molar-refractivity contribution in [3.63, 3.8) is 0 Å². The van der Waals surface area contributed by atoms with Crippen LogP contribution in [0.2, 0.25) is 0 Å². The van der Waals surface area contributed by atoms with E-state index >= 15 is 0 Å². The first kappa shape index (κ1) is 18.6. The molecule has 0 bridgehead atoms. The minimum absolute atomic E-state index is 0.392.